The van der Waals surface area contributed by atoms with Crippen LogP contribution in [0.3, 0.4) is 0 Å². The molecule has 9 heteroatoms. The molecule has 0 aliphatic heterocycles. The highest BCUT2D eigenvalue weighted by atomic mass is 79.9. The highest BCUT2D eigenvalue weighted by Gasteiger charge is 2.16. The van der Waals surface area contributed by atoms with Gasteiger partial charge in [0.25, 0.3) is 5.56 Å². The van der Waals surface area contributed by atoms with E-state index < -0.39 is 0 Å². The van der Waals surface area contributed by atoms with E-state index in [1.54, 1.807) is 24.4 Å². The summed E-state index contributed by atoms with van der Waals surface area (Å²) in [5.74, 6) is 1.21. The Morgan fingerprint density at radius 3 is 2.51 bits per heavy atom. The zero-order valence-corrected chi connectivity index (χ0v) is 24.4. The molecule has 4 aromatic rings. The van der Waals surface area contributed by atoms with Gasteiger partial charge in [-0.1, -0.05) is 69.4 Å². The standard InChI is InChI=1S/C26H21Br3ClN3O2/c1-3-15(2)25-32-23-9-8-19(28)11-21(23)26(34)33(25)31-13-17-10-20(30)12-22(29)24(17)35-14-16-4-6-18(27)7-5-16/h4-13,15H,3,14H2,1-2H3/t15-/m0/s1. The average molecular weight is 683 g/mol. The van der Waals surface area contributed by atoms with Crippen LogP contribution in [0.2, 0.25) is 5.02 Å². The van der Waals surface area contributed by atoms with Crippen molar-refractivity contribution < 1.29 is 4.74 Å². The van der Waals surface area contributed by atoms with E-state index in [9.17, 15) is 4.79 Å². The van der Waals surface area contributed by atoms with Gasteiger partial charge in [0.2, 0.25) is 0 Å². The molecule has 0 saturated heterocycles. The largest absolute Gasteiger partial charge is 0.487 e. The Labute approximate surface area is 233 Å². The van der Waals surface area contributed by atoms with Gasteiger partial charge in [0, 0.05) is 25.4 Å². The van der Waals surface area contributed by atoms with Gasteiger partial charge >= 0.3 is 0 Å². The highest BCUT2D eigenvalue weighted by molar-refractivity contribution is 9.11. The second-order valence-electron chi connectivity index (χ2n) is 8.02. The first-order valence-corrected chi connectivity index (χ1v) is 13.7. The molecule has 5 nitrogen and oxygen atoms in total. The molecule has 1 heterocycles. The molecular formula is C26H21Br3ClN3O2. The van der Waals surface area contributed by atoms with Crippen LogP contribution < -0.4 is 10.3 Å². The third-order valence-corrected chi connectivity index (χ3v) is 7.36. The fourth-order valence-electron chi connectivity index (χ4n) is 3.46. The monoisotopic (exact) mass is 679 g/mol. The van der Waals surface area contributed by atoms with Gasteiger partial charge in [-0.15, -0.1) is 0 Å². The summed E-state index contributed by atoms with van der Waals surface area (Å²) >= 11 is 16.8. The summed E-state index contributed by atoms with van der Waals surface area (Å²) in [5, 5.41) is 5.58. The predicted octanol–water partition coefficient (Wildman–Crippen LogP) is 8.31. The van der Waals surface area contributed by atoms with Crippen LogP contribution in [0.15, 0.2) is 77.9 Å². The van der Waals surface area contributed by atoms with Crippen molar-refractivity contribution in [3.05, 3.63) is 100 Å². The molecule has 4 rings (SSSR count). The molecule has 0 N–H and O–H groups in total. The van der Waals surface area contributed by atoms with Gasteiger partial charge in [-0.05, 0) is 70.4 Å². The summed E-state index contributed by atoms with van der Waals surface area (Å²) in [6, 6.07) is 16.9. The molecule has 0 aliphatic rings. The fourth-order valence-corrected chi connectivity index (χ4v) is 5.04. The molecule has 180 valence electrons. The lowest BCUT2D eigenvalue weighted by molar-refractivity contribution is 0.304. The molecule has 0 fully saturated rings. The van der Waals surface area contributed by atoms with Gasteiger partial charge in [-0.25, -0.2) is 4.98 Å². The van der Waals surface area contributed by atoms with Crippen molar-refractivity contribution in [2.75, 3.05) is 0 Å². The molecule has 0 unspecified atom stereocenters. The van der Waals surface area contributed by atoms with Gasteiger partial charge in [0.15, 0.2) is 0 Å². The number of nitrogens with zero attached hydrogens (tertiary/aromatic N) is 3. The number of fused-ring (bicyclic) bond motifs is 1. The molecule has 0 saturated carbocycles. The van der Waals surface area contributed by atoms with E-state index in [1.807, 2.05) is 43.3 Å². The number of ether oxygens (including phenoxy) is 1. The number of benzene rings is 3. The summed E-state index contributed by atoms with van der Waals surface area (Å²) in [7, 11) is 0. The summed E-state index contributed by atoms with van der Waals surface area (Å²) in [6.45, 7) is 4.44. The number of aromatic nitrogens is 2. The first kappa shape index (κ1) is 26.1. The number of hydrogen-bond donors (Lipinski definition) is 0. The molecule has 0 bridgehead atoms. The molecule has 0 aliphatic carbocycles. The maximum atomic E-state index is 13.4. The van der Waals surface area contributed by atoms with Crippen molar-refractivity contribution in [1.29, 1.82) is 0 Å². The first-order chi connectivity index (χ1) is 16.8. The summed E-state index contributed by atoms with van der Waals surface area (Å²) in [6.07, 6.45) is 2.40. The Balaban J connectivity index is 1.77. The van der Waals surface area contributed by atoms with Gasteiger partial charge in [0.05, 0.1) is 21.6 Å². The summed E-state index contributed by atoms with van der Waals surface area (Å²) in [5.41, 5.74) is 2.06. The minimum absolute atomic E-state index is 0.0344. The Bertz CT molecular complexity index is 1470. The highest BCUT2D eigenvalue weighted by Crippen LogP contribution is 2.33. The normalized spacial score (nSPS) is 12.4. The van der Waals surface area contributed by atoms with Crippen LogP contribution in [0.5, 0.6) is 5.75 Å². The van der Waals surface area contributed by atoms with Gasteiger partial charge < -0.3 is 4.74 Å². The van der Waals surface area contributed by atoms with Crippen LogP contribution in [-0.4, -0.2) is 15.9 Å². The topological polar surface area (TPSA) is 56.5 Å². The van der Waals surface area contributed by atoms with Crippen LogP contribution >= 0.6 is 59.4 Å². The third kappa shape index (κ3) is 6.05. The maximum Gasteiger partial charge on any atom is 0.282 e. The van der Waals surface area contributed by atoms with E-state index in [1.165, 1.54) is 4.68 Å². The quantitative estimate of drug-likeness (QED) is 0.184. The molecule has 0 amide bonds. The fraction of sp³-hybridized carbons (Fsp3) is 0.192. The van der Waals surface area contributed by atoms with Crippen LogP contribution in [-0.2, 0) is 6.61 Å². The average Bonchev–Trinajstić information content (AvgIpc) is 2.83. The van der Waals surface area contributed by atoms with Crippen molar-refractivity contribution in [3.63, 3.8) is 0 Å². The zero-order valence-electron chi connectivity index (χ0n) is 18.9. The molecule has 1 aromatic heterocycles. The van der Waals surface area contributed by atoms with Crippen LogP contribution in [0, 0.1) is 0 Å². The van der Waals surface area contributed by atoms with Crippen molar-refractivity contribution in [2.24, 2.45) is 5.10 Å². The van der Waals surface area contributed by atoms with Crippen molar-refractivity contribution in [3.8, 4) is 5.75 Å². The van der Waals surface area contributed by atoms with Gasteiger partial charge in [0.1, 0.15) is 18.2 Å². The van der Waals surface area contributed by atoms with E-state index in [2.05, 4.69) is 59.8 Å². The molecule has 35 heavy (non-hydrogen) atoms. The van der Waals surface area contributed by atoms with E-state index in [4.69, 9.17) is 21.3 Å². The van der Waals surface area contributed by atoms with Gasteiger partial charge in [-0.3, -0.25) is 4.79 Å². The number of hydrogen-bond acceptors (Lipinski definition) is 4. The Morgan fingerprint density at radius 2 is 1.80 bits per heavy atom. The van der Waals surface area contributed by atoms with Gasteiger partial charge in [-0.2, -0.15) is 9.78 Å². The molecule has 0 radical (unpaired) electrons. The molecule has 3 aromatic carbocycles. The van der Waals surface area contributed by atoms with Crippen LogP contribution in [0.1, 0.15) is 43.1 Å². The molecular weight excluding hydrogens is 661 g/mol. The lowest BCUT2D eigenvalue weighted by Gasteiger charge is -2.15. The maximum absolute atomic E-state index is 13.4. The predicted molar refractivity (Wildman–Crippen MR) is 153 cm³/mol. The minimum Gasteiger partial charge on any atom is -0.487 e. The summed E-state index contributed by atoms with van der Waals surface area (Å²) < 4.78 is 10.00. The van der Waals surface area contributed by atoms with Crippen molar-refractivity contribution in [1.82, 2.24) is 9.66 Å². The summed E-state index contributed by atoms with van der Waals surface area (Å²) in [4.78, 5) is 18.2. The second-order valence-corrected chi connectivity index (χ2v) is 11.1. The SMILES string of the molecule is CC[C@H](C)c1nc2ccc(Br)cc2c(=O)n1N=Cc1cc(Cl)cc(Br)c1OCc1ccc(Br)cc1. The van der Waals surface area contributed by atoms with Crippen molar-refractivity contribution in [2.45, 2.75) is 32.8 Å². The lowest BCUT2D eigenvalue weighted by atomic mass is 10.1. The molecule has 0 spiro atoms. The van der Waals surface area contributed by atoms with E-state index in [-0.39, 0.29) is 11.5 Å². The van der Waals surface area contributed by atoms with Crippen LogP contribution in [0.4, 0.5) is 0 Å². The minimum atomic E-state index is -0.235. The van der Waals surface area contributed by atoms with E-state index >= 15 is 0 Å². The van der Waals surface area contributed by atoms with E-state index in [0.29, 0.717) is 44.1 Å². The Hall–Kier alpha value is -2.00. The Kier molecular flexibility index (Phi) is 8.47. The number of halogens is 4. The van der Waals surface area contributed by atoms with Crippen molar-refractivity contribution >= 4 is 76.5 Å². The first-order valence-electron chi connectivity index (χ1n) is 10.9. The Morgan fingerprint density at radius 1 is 1.09 bits per heavy atom. The van der Waals surface area contributed by atoms with Crippen LogP contribution in [0.25, 0.3) is 10.9 Å². The number of rotatable bonds is 7. The van der Waals surface area contributed by atoms with E-state index in [0.717, 1.165) is 20.9 Å². The third-order valence-electron chi connectivity index (χ3n) is 5.53. The second kappa shape index (κ2) is 11.4. The smallest absolute Gasteiger partial charge is 0.282 e. The zero-order chi connectivity index (χ0) is 25.1. The lowest BCUT2D eigenvalue weighted by Crippen LogP contribution is -2.23. The molecule has 1 atom stereocenters.